The number of Topliss-reactive ketones (excluding diaryl/α,β-unsaturated/α-hetero) is 1. The van der Waals surface area contributed by atoms with Gasteiger partial charge in [-0.25, -0.2) is 0 Å². The van der Waals surface area contributed by atoms with E-state index < -0.39 is 0 Å². The Morgan fingerprint density at radius 2 is 1.79 bits per heavy atom. The fourth-order valence-electron chi connectivity index (χ4n) is 0.882. The molecule has 0 unspecified atom stereocenters. The zero-order valence-corrected chi connectivity index (χ0v) is 9.73. The van der Waals surface area contributed by atoms with Crippen LogP contribution in [0.2, 0.25) is 0 Å². The molecule has 0 aromatic heterocycles. The minimum Gasteiger partial charge on any atom is -0.298 e. The van der Waals surface area contributed by atoms with Crippen LogP contribution >= 0.6 is 11.8 Å². The van der Waals surface area contributed by atoms with E-state index in [-0.39, 0.29) is 5.41 Å². The molecule has 0 atom stereocenters. The molecular weight excluding hydrogens is 192 g/mol. The molecule has 0 saturated heterocycles. The third-order valence-electron chi connectivity index (χ3n) is 1.95. The van der Waals surface area contributed by atoms with Crippen molar-refractivity contribution in [2.45, 2.75) is 25.7 Å². The molecule has 1 aromatic rings. The zero-order chi connectivity index (χ0) is 10.6. The Hall–Kier alpha value is -0.760. The van der Waals surface area contributed by atoms with Gasteiger partial charge in [-0.05, 0) is 12.1 Å². The van der Waals surface area contributed by atoms with E-state index in [0.29, 0.717) is 11.5 Å². The van der Waals surface area contributed by atoms with Crippen LogP contribution < -0.4 is 0 Å². The maximum Gasteiger partial charge on any atom is 0.148 e. The molecule has 1 rings (SSSR count). The number of rotatable bonds is 3. The highest BCUT2D eigenvalue weighted by atomic mass is 32.2. The molecule has 0 aliphatic carbocycles. The summed E-state index contributed by atoms with van der Waals surface area (Å²) in [4.78, 5) is 12.8. The van der Waals surface area contributed by atoms with Crippen molar-refractivity contribution in [3.63, 3.8) is 0 Å². The van der Waals surface area contributed by atoms with Crippen molar-refractivity contribution < 1.29 is 4.79 Å². The molecule has 0 saturated carbocycles. The molecule has 0 heterocycles. The molecule has 1 aromatic carbocycles. The van der Waals surface area contributed by atoms with Crippen LogP contribution in [0.25, 0.3) is 0 Å². The van der Waals surface area contributed by atoms with Crippen molar-refractivity contribution in [1.29, 1.82) is 0 Å². The number of carbonyl (C=O) groups excluding carboxylic acids is 1. The van der Waals surface area contributed by atoms with E-state index in [4.69, 9.17) is 0 Å². The maximum absolute atomic E-state index is 11.6. The van der Waals surface area contributed by atoms with Crippen LogP contribution in [-0.4, -0.2) is 11.5 Å². The summed E-state index contributed by atoms with van der Waals surface area (Å²) in [5.74, 6) is 0.861. The molecule has 2 heteroatoms. The second-order valence-corrected chi connectivity index (χ2v) is 5.32. The molecule has 0 aliphatic rings. The van der Waals surface area contributed by atoms with Gasteiger partial charge in [0, 0.05) is 10.3 Å². The number of ketones is 1. The van der Waals surface area contributed by atoms with Crippen LogP contribution in [0, 0.1) is 5.41 Å². The van der Waals surface area contributed by atoms with E-state index in [2.05, 4.69) is 0 Å². The van der Waals surface area contributed by atoms with Crippen LogP contribution in [0.4, 0.5) is 0 Å². The van der Waals surface area contributed by atoms with Crippen molar-refractivity contribution in [2.75, 3.05) is 5.75 Å². The lowest BCUT2D eigenvalue weighted by molar-refractivity contribution is -0.123. The van der Waals surface area contributed by atoms with Gasteiger partial charge in [0.05, 0.1) is 5.75 Å². The first-order chi connectivity index (χ1) is 6.50. The average molecular weight is 208 g/mol. The molecule has 0 amide bonds. The average Bonchev–Trinajstić information content (AvgIpc) is 2.14. The van der Waals surface area contributed by atoms with Crippen molar-refractivity contribution >= 4 is 17.5 Å². The standard InChI is InChI=1S/C12H16OS/c1-12(2,3)11(13)9-14-10-7-5-4-6-8-10/h4-8H,9H2,1-3H3. The lowest BCUT2D eigenvalue weighted by atomic mass is 9.92. The van der Waals surface area contributed by atoms with Gasteiger partial charge in [-0.1, -0.05) is 39.0 Å². The lowest BCUT2D eigenvalue weighted by Crippen LogP contribution is -2.21. The Morgan fingerprint density at radius 1 is 1.21 bits per heavy atom. The van der Waals surface area contributed by atoms with Gasteiger partial charge in [0.15, 0.2) is 0 Å². The first kappa shape index (κ1) is 11.3. The molecule has 0 spiro atoms. The van der Waals surface area contributed by atoms with Crippen LogP contribution in [0.15, 0.2) is 35.2 Å². The molecule has 76 valence electrons. The Kier molecular flexibility index (Phi) is 3.76. The monoisotopic (exact) mass is 208 g/mol. The molecule has 14 heavy (non-hydrogen) atoms. The van der Waals surface area contributed by atoms with Crippen LogP contribution in [0.1, 0.15) is 20.8 Å². The van der Waals surface area contributed by atoms with Crippen LogP contribution in [0.5, 0.6) is 0 Å². The smallest absolute Gasteiger partial charge is 0.148 e. The predicted octanol–water partition coefficient (Wildman–Crippen LogP) is 3.39. The molecule has 1 nitrogen and oxygen atoms in total. The molecule has 0 radical (unpaired) electrons. The van der Waals surface area contributed by atoms with Gasteiger partial charge in [-0.2, -0.15) is 0 Å². The second kappa shape index (κ2) is 4.65. The summed E-state index contributed by atoms with van der Waals surface area (Å²) in [6.07, 6.45) is 0. The highest BCUT2D eigenvalue weighted by Crippen LogP contribution is 2.22. The number of hydrogen-bond donors (Lipinski definition) is 0. The number of hydrogen-bond acceptors (Lipinski definition) is 2. The Balaban J connectivity index is 2.46. The minimum absolute atomic E-state index is 0.220. The summed E-state index contributed by atoms with van der Waals surface area (Å²) in [5.41, 5.74) is -0.220. The number of thioether (sulfide) groups is 1. The van der Waals surface area contributed by atoms with Gasteiger partial charge in [0.2, 0.25) is 0 Å². The Labute approximate surface area is 89.9 Å². The number of benzene rings is 1. The van der Waals surface area contributed by atoms with Gasteiger partial charge in [-0.15, -0.1) is 11.8 Å². The predicted molar refractivity (Wildman–Crippen MR) is 61.6 cm³/mol. The summed E-state index contributed by atoms with van der Waals surface area (Å²) in [6, 6.07) is 10.0. The van der Waals surface area contributed by atoms with Crippen LogP contribution in [-0.2, 0) is 4.79 Å². The summed E-state index contributed by atoms with van der Waals surface area (Å²) >= 11 is 1.61. The van der Waals surface area contributed by atoms with E-state index in [1.54, 1.807) is 11.8 Å². The van der Waals surface area contributed by atoms with E-state index >= 15 is 0 Å². The van der Waals surface area contributed by atoms with Crippen molar-refractivity contribution in [2.24, 2.45) is 5.41 Å². The zero-order valence-electron chi connectivity index (χ0n) is 8.91. The number of carbonyl (C=O) groups is 1. The second-order valence-electron chi connectivity index (χ2n) is 4.27. The molecule has 0 bridgehead atoms. The van der Waals surface area contributed by atoms with E-state index in [1.165, 1.54) is 0 Å². The maximum atomic E-state index is 11.6. The van der Waals surface area contributed by atoms with Crippen molar-refractivity contribution in [3.8, 4) is 0 Å². The largest absolute Gasteiger partial charge is 0.298 e. The van der Waals surface area contributed by atoms with E-state index in [0.717, 1.165) is 4.90 Å². The first-order valence-corrected chi connectivity index (χ1v) is 5.70. The highest BCUT2D eigenvalue weighted by molar-refractivity contribution is 8.00. The molecule has 0 N–H and O–H groups in total. The first-order valence-electron chi connectivity index (χ1n) is 4.71. The molecule has 0 aliphatic heterocycles. The third-order valence-corrected chi connectivity index (χ3v) is 2.96. The lowest BCUT2D eigenvalue weighted by Gasteiger charge is -2.15. The fourth-order valence-corrected chi connectivity index (χ4v) is 1.96. The summed E-state index contributed by atoms with van der Waals surface area (Å²) < 4.78 is 0. The topological polar surface area (TPSA) is 17.1 Å². The summed E-state index contributed by atoms with van der Waals surface area (Å²) in [5, 5.41) is 0. The van der Waals surface area contributed by atoms with E-state index in [1.807, 2.05) is 51.1 Å². The van der Waals surface area contributed by atoms with Crippen molar-refractivity contribution in [3.05, 3.63) is 30.3 Å². The molecular formula is C12H16OS. The summed E-state index contributed by atoms with van der Waals surface area (Å²) in [6.45, 7) is 5.88. The van der Waals surface area contributed by atoms with Gasteiger partial charge in [0.1, 0.15) is 5.78 Å². The van der Waals surface area contributed by atoms with Gasteiger partial charge >= 0.3 is 0 Å². The van der Waals surface area contributed by atoms with Gasteiger partial charge < -0.3 is 0 Å². The highest BCUT2D eigenvalue weighted by Gasteiger charge is 2.20. The Bertz CT molecular complexity index is 298. The molecule has 0 fully saturated rings. The third kappa shape index (κ3) is 3.54. The SMILES string of the molecule is CC(C)(C)C(=O)CSc1ccccc1. The normalized spacial score (nSPS) is 11.4. The van der Waals surface area contributed by atoms with Crippen LogP contribution in [0.3, 0.4) is 0 Å². The van der Waals surface area contributed by atoms with Gasteiger partial charge in [0.25, 0.3) is 0 Å². The van der Waals surface area contributed by atoms with Crippen molar-refractivity contribution in [1.82, 2.24) is 0 Å². The van der Waals surface area contributed by atoms with Gasteiger partial charge in [-0.3, -0.25) is 4.79 Å². The minimum atomic E-state index is -0.220. The quantitative estimate of drug-likeness (QED) is 0.708. The fraction of sp³-hybridized carbons (Fsp3) is 0.417. The summed E-state index contributed by atoms with van der Waals surface area (Å²) in [7, 11) is 0. The Morgan fingerprint density at radius 3 is 2.29 bits per heavy atom. The van der Waals surface area contributed by atoms with E-state index in [9.17, 15) is 4.79 Å².